The largest absolute Gasteiger partial charge is 0.380 e. The summed E-state index contributed by atoms with van der Waals surface area (Å²) >= 11 is 5.90. The van der Waals surface area contributed by atoms with Gasteiger partial charge in [0.25, 0.3) is 0 Å². The van der Waals surface area contributed by atoms with Gasteiger partial charge in [-0.25, -0.2) is 0 Å². The van der Waals surface area contributed by atoms with E-state index in [9.17, 15) is 0 Å². The Hall–Kier alpha value is -2.24. The second kappa shape index (κ2) is 6.63. The van der Waals surface area contributed by atoms with Gasteiger partial charge >= 0.3 is 0 Å². The molecule has 0 aliphatic carbocycles. The molecule has 0 fully saturated rings. The fraction of sp³-hybridized carbons (Fsp3) is 0.0625. The summed E-state index contributed by atoms with van der Waals surface area (Å²) in [7, 11) is 0. The van der Waals surface area contributed by atoms with Crippen LogP contribution in [0.25, 0.3) is 6.08 Å². The van der Waals surface area contributed by atoms with Crippen LogP contribution in [-0.2, 0) is 0 Å². The van der Waals surface area contributed by atoms with Crippen LogP contribution in [0.3, 0.4) is 0 Å². The molecule has 0 heterocycles. The van der Waals surface area contributed by atoms with Gasteiger partial charge in [-0.2, -0.15) is 5.26 Å². The van der Waals surface area contributed by atoms with Crippen LogP contribution in [-0.4, -0.2) is 6.54 Å². The summed E-state index contributed by atoms with van der Waals surface area (Å²) < 4.78 is 0. The fourth-order valence-electron chi connectivity index (χ4n) is 1.67. The minimum atomic E-state index is 0.478. The van der Waals surface area contributed by atoms with Gasteiger partial charge < -0.3 is 5.32 Å². The molecule has 0 atom stereocenters. The molecule has 0 bridgehead atoms. The molecule has 94 valence electrons. The predicted molar refractivity (Wildman–Crippen MR) is 80.0 cm³/mol. The lowest BCUT2D eigenvalue weighted by atomic mass is 10.1. The highest BCUT2D eigenvalue weighted by Crippen LogP contribution is 2.15. The average molecular weight is 269 g/mol. The van der Waals surface area contributed by atoms with Gasteiger partial charge in [0.15, 0.2) is 0 Å². The smallest absolute Gasteiger partial charge is 0.0966 e. The first-order valence-electron chi connectivity index (χ1n) is 5.93. The van der Waals surface area contributed by atoms with Crippen molar-refractivity contribution in [2.75, 3.05) is 11.9 Å². The zero-order valence-electron chi connectivity index (χ0n) is 10.3. The first-order chi connectivity index (χ1) is 9.28. The molecule has 2 nitrogen and oxygen atoms in total. The Balaban J connectivity index is 2.05. The zero-order valence-corrected chi connectivity index (χ0v) is 11.1. The van der Waals surface area contributed by atoms with Gasteiger partial charge in [-0.05, 0) is 29.8 Å². The third-order valence-electron chi connectivity index (χ3n) is 2.59. The van der Waals surface area contributed by atoms with E-state index >= 15 is 0 Å². The molecule has 19 heavy (non-hydrogen) atoms. The van der Waals surface area contributed by atoms with Crippen LogP contribution in [0.1, 0.15) is 5.56 Å². The maximum atomic E-state index is 9.14. The number of halogens is 1. The molecule has 0 unspecified atom stereocenters. The van der Waals surface area contributed by atoms with E-state index in [4.69, 9.17) is 16.9 Å². The molecule has 0 aliphatic rings. The Morgan fingerprint density at radius 1 is 1.16 bits per heavy atom. The molecular formula is C16H13ClN2. The summed E-state index contributed by atoms with van der Waals surface area (Å²) in [6.45, 7) is 0.478. The lowest BCUT2D eigenvalue weighted by Crippen LogP contribution is -2.03. The highest BCUT2D eigenvalue weighted by atomic mass is 35.5. The van der Waals surface area contributed by atoms with E-state index in [0.717, 1.165) is 11.3 Å². The number of benzene rings is 2. The van der Waals surface area contributed by atoms with Crippen LogP contribution in [0, 0.1) is 11.3 Å². The molecule has 0 saturated heterocycles. The van der Waals surface area contributed by atoms with Crippen LogP contribution in [0.4, 0.5) is 5.69 Å². The van der Waals surface area contributed by atoms with Crippen molar-refractivity contribution in [3.8, 4) is 6.07 Å². The van der Waals surface area contributed by atoms with Gasteiger partial charge in [0.1, 0.15) is 0 Å². The summed E-state index contributed by atoms with van der Waals surface area (Å²) in [5, 5.41) is 13.0. The number of nitrogens with zero attached hydrogens (tertiary/aromatic N) is 1. The quantitative estimate of drug-likeness (QED) is 0.837. The molecule has 0 radical (unpaired) electrons. The van der Waals surface area contributed by atoms with Crippen molar-refractivity contribution in [3.05, 3.63) is 70.8 Å². The van der Waals surface area contributed by atoms with Crippen LogP contribution in [0.2, 0.25) is 5.02 Å². The van der Waals surface area contributed by atoms with Gasteiger partial charge in [-0.15, -0.1) is 0 Å². The molecule has 2 rings (SSSR count). The highest BCUT2D eigenvalue weighted by molar-refractivity contribution is 6.30. The minimum absolute atomic E-state index is 0.478. The van der Waals surface area contributed by atoms with Gasteiger partial charge in [0, 0.05) is 16.3 Å². The summed E-state index contributed by atoms with van der Waals surface area (Å²) in [4.78, 5) is 0. The SMILES string of the molecule is N#C/C(=C/c1ccccc1)CNc1cccc(Cl)c1. The minimum Gasteiger partial charge on any atom is -0.380 e. The standard InChI is InChI=1S/C16H13ClN2/c17-15-7-4-8-16(10-15)19-12-14(11-18)9-13-5-2-1-3-6-13/h1-10,19H,12H2/b14-9-. The Morgan fingerprint density at radius 2 is 1.95 bits per heavy atom. The maximum Gasteiger partial charge on any atom is 0.0966 e. The molecule has 0 aliphatic heterocycles. The van der Waals surface area contributed by atoms with E-state index < -0.39 is 0 Å². The maximum absolute atomic E-state index is 9.14. The van der Waals surface area contributed by atoms with E-state index in [1.165, 1.54) is 0 Å². The molecular weight excluding hydrogens is 256 g/mol. The van der Waals surface area contributed by atoms with E-state index in [2.05, 4.69) is 11.4 Å². The molecule has 0 spiro atoms. The number of nitrogens with one attached hydrogen (secondary N) is 1. The first kappa shape index (κ1) is 13.2. The Kier molecular flexibility index (Phi) is 4.60. The molecule has 1 N–H and O–H groups in total. The molecule has 2 aromatic rings. The summed E-state index contributed by atoms with van der Waals surface area (Å²) in [5.41, 5.74) is 2.60. The fourth-order valence-corrected chi connectivity index (χ4v) is 1.86. The highest BCUT2D eigenvalue weighted by Gasteiger charge is 1.98. The van der Waals surface area contributed by atoms with Gasteiger partial charge in [-0.1, -0.05) is 48.0 Å². The van der Waals surface area contributed by atoms with E-state index in [0.29, 0.717) is 17.1 Å². The third-order valence-corrected chi connectivity index (χ3v) is 2.83. The molecule has 2 aromatic carbocycles. The molecule has 3 heteroatoms. The molecule has 0 aromatic heterocycles. The Bertz CT molecular complexity index is 612. The number of hydrogen-bond donors (Lipinski definition) is 1. The van der Waals surface area contributed by atoms with Crippen molar-refractivity contribution in [1.82, 2.24) is 0 Å². The third kappa shape index (κ3) is 4.17. The van der Waals surface area contributed by atoms with Crippen molar-refractivity contribution in [2.45, 2.75) is 0 Å². The van der Waals surface area contributed by atoms with Crippen LogP contribution >= 0.6 is 11.6 Å². The van der Waals surface area contributed by atoms with Crippen molar-refractivity contribution in [1.29, 1.82) is 5.26 Å². The van der Waals surface area contributed by atoms with Crippen LogP contribution < -0.4 is 5.32 Å². The summed E-state index contributed by atoms with van der Waals surface area (Å²) in [6.07, 6.45) is 1.87. The summed E-state index contributed by atoms with van der Waals surface area (Å²) in [5.74, 6) is 0. The monoisotopic (exact) mass is 268 g/mol. The Labute approximate surface area is 118 Å². The topological polar surface area (TPSA) is 35.8 Å². The zero-order chi connectivity index (χ0) is 13.5. The second-order valence-corrected chi connectivity index (χ2v) is 4.49. The summed E-state index contributed by atoms with van der Waals surface area (Å²) in [6, 6.07) is 19.4. The van der Waals surface area contributed by atoms with Crippen molar-refractivity contribution < 1.29 is 0 Å². The predicted octanol–water partition coefficient (Wildman–Crippen LogP) is 4.36. The van der Waals surface area contributed by atoms with Gasteiger partial charge in [0.05, 0.1) is 12.6 Å². The van der Waals surface area contributed by atoms with E-state index in [1.54, 1.807) is 0 Å². The Morgan fingerprint density at radius 3 is 2.63 bits per heavy atom. The number of nitriles is 1. The van der Waals surface area contributed by atoms with E-state index in [-0.39, 0.29) is 0 Å². The second-order valence-electron chi connectivity index (χ2n) is 4.06. The van der Waals surface area contributed by atoms with Gasteiger partial charge in [-0.3, -0.25) is 0 Å². The normalized spacial score (nSPS) is 10.8. The number of anilines is 1. The van der Waals surface area contributed by atoms with Crippen molar-refractivity contribution in [2.24, 2.45) is 0 Å². The average Bonchev–Trinajstić information content (AvgIpc) is 2.44. The lowest BCUT2D eigenvalue weighted by Gasteiger charge is -2.05. The molecule has 0 amide bonds. The van der Waals surface area contributed by atoms with Crippen molar-refractivity contribution >= 4 is 23.4 Å². The molecule has 0 saturated carbocycles. The van der Waals surface area contributed by atoms with E-state index in [1.807, 2.05) is 60.7 Å². The van der Waals surface area contributed by atoms with Crippen LogP contribution in [0.15, 0.2) is 60.2 Å². The van der Waals surface area contributed by atoms with Gasteiger partial charge in [0.2, 0.25) is 0 Å². The van der Waals surface area contributed by atoms with Crippen LogP contribution in [0.5, 0.6) is 0 Å². The number of rotatable bonds is 4. The first-order valence-corrected chi connectivity index (χ1v) is 6.31. The lowest BCUT2D eigenvalue weighted by molar-refractivity contribution is 1.27. The number of hydrogen-bond acceptors (Lipinski definition) is 2. The van der Waals surface area contributed by atoms with Crippen molar-refractivity contribution in [3.63, 3.8) is 0 Å².